The summed E-state index contributed by atoms with van der Waals surface area (Å²) in [6.07, 6.45) is 0. The van der Waals surface area contributed by atoms with Crippen LogP contribution in [0.25, 0.3) is 11.2 Å². The molecule has 4 rings (SSSR count). The number of fused-ring (bicyclic) bond motifs is 1. The molecule has 1 fully saturated rings. The van der Waals surface area contributed by atoms with E-state index in [9.17, 15) is 14.4 Å². The van der Waals surface area contributed by atoms with Gasteiger partial charge >= 0.3 is 11.7 Å². The molecule has 1 aliphatic heterocycles. The molecule has 1 aliphatic rings. The van der Waals surface area contributed by atoms with Crippen LogP contribution in [-0.2, 0) is 36.7 Å². The number of piperazine rings is 1. The van der Waals surface area contributed by atoms with E-state index >= 15 is 0 Å². The number of ether oxygens (including phenoxy) is 1. The Morgan fingerprint density at radius 3 is 2.35 bits per heavy atom. The Kier molecular flexibility index (Phi) is 5.64. The molecule has 3 aromatic rings. The van der Waals surface area contributed by atoms with Gasteiger partial charge in [-0.05, 0) is 12.1 Å². The van der Waals surface area contributed by atoms with Crippen molar-refractivity contribution in [2.24, 2.45) is 14.1 Å². The molecule has 2 aromatic heterocycles. The minimum atomic E-state index is -0.481. The molecule has 1 saturated heterocycles. The molecule has 0 unspecified atom stereocenters. The molecule has 0 aliphatic carbocycles. The number of imidazole rings is 1. The molecular weight excluding hydrogens is 400 g/mol. The van der Waals surface area contributed by atoms with E-state index in [-0.39, 0.29) is 17.7 Å². The number of rotatable bonds is 5. The summed E-state index contributed by atoms with van der Waals surface area (Å²) in [6, 6.07) is 10.3. The van der Waals surface area contributed by atoms with E-state index < -0.39 is 17.2 Å². The van der Waals surface area contributed by atoms with Crippen molar-refractivity contribution in [1.29, 1.82) is 0 Å². The average Bonchev–Trinajstić information content (AvgIpc) is 3.15. The van der Waals surface area contributed by atoms with Crippen molar-refractivity contribution in [2.75, 3.05) is 38.2 Å². The summed E-state index contributed by atoms with van der Waals surface area (Å²) >= 11 is 0. The molecule has 0 N–H and O–H groups in total. The molecule has 1 aromatic carbocycles. The monoisotopic (exact) mass is 426 g/mol. The summed E-state index contributed by atoms with van der Waals surface area (Å²) < 4.78 is 8.76. The van der Waals surface area contributed by atoms with Gasteiger partial charge in [0.15, 0.2) is 11.2 Å². The number of hydrogen-bond donors (Lipinski definition) is 0. The average molecular weight is 426 g/mol. The van der Waals surface area contributed by atoms with Gasteiger partial charge in [0, 0.05) is 46.0 Å². The number of aromatic nitrogens is 4. The third-order valence-electron chi connectivity index (χ3n) is 5.80. The van der Waals surface area contributed by atoms with E-state index in [2.05, 4.69) is 26.9 Å². The molecule has 0 saturated carbocycles. The molecule has 10 heteroatoms. The molecule has 31 heavy (non-hydrogen) atoms. The quantitative estimate of drug-likeness (QED) is 0.527. The molecule has 0 bridgehead atoms. The fraction of sp³-hybridized carbons (Fsp3) is 0.429. The molecule has 10 nitrogen and oxygen atoms in total. The lowest BCUT2D eigenvalue weighted by Crippen LogP contribution is -2.46. The number of para-hydroxylation sites is 1. The fourth-order valence-electron chi connectivity index (χ4n) is 3.98. The molecule has 164 valence electrons. The van der Waals surface area contributed by atoms with E-state index in [1.165, 1.54) is 24.4 Å². The van der Waals surface area contributed by atoms with Gasteiger partial charge < -0.3 is 14.2 Å². The maximum atomic E-state index is 12.8. The Labute approximate surface area is 178 Å². The first-order chi connectivity index (χ1) is 14.9. The lowest BCUT2D eigenvalue weighted by molar-refractivity contribution is -0.141. The number of anilines is 1. The molecule has 0 radical (unpaired) electrons. The lowest BCUT2D eigenvalue weighted by Gasteiger charge is -2.35. The first-order valence-electron chi connectivity index (χ1n) is 10.1. The van der Waals surface area contributed by atoms with Gasteiger partial charge in [-0.15, -0.1) is 0 Å². The van der Waals surface area contributed by atoms with Crippen molar-refractivity contribution in [2.45, 2.75) is 13.1 Å². The highest BCUT2D eigenvalue weighted by Gasteiger charge is 2.24. The van der Waals surface area contributed by atoms with Crippen molar-refractivity contribution in [3.8, 4) is 0 Å². The van der Waals surface area contributed by atoms with Crippen LogP contribution in [0.5, 0.6) is 0 Å². The second kappa shape index (κ2) is 8.38. The van der Waals surface area contributed by atoms with Gasteiger partial charge in [0.05, 0.1) is 13.7 Å². The van der Waals surface area contributed by atoms with Crippen molar-refractivity contribution >= 4 is 22.8 Å². The highest BCUT2D eigenvalue weighted by molar-refractivity contribution is 5.75. The van der Waals surface area contributed by atoms with E-state index in [1.807, 2.05) is 18.2 Å². The van der Waals surface area contributed by atoms with E-state index in [0.29, 0.717) is 12.4 Å². The van der Waals surface area contributed by atoms with Gasteiger partial charge in [0.1, 0.15) is 12.4 Å². The highest BCUT2D eigenvalue weighted by Crippen LogP contribution is 2.18. The first kappa shape index (κ1) is 20.9. The maximum absolute atomic E-state index is 12.8. The zero-order chi connectivity index (χ0) is 22.1. The predicted molar refractivity (Wildman–Crippen MR) is 116 cm³/mol. The number of carbonyl (C=O) groups is 1. The SMILES string of the molecule is COC(=O)Cn1c(CN2CCN(c3ccccc3)CC2)nc2c1c(=O)n(C)c(=O)n2C. The van der Waals surface area contributed by atoms with Crippen LogP contribution in [0.4, 0.5) is 5.69 Å². The number of hydrogen-bond acceptors (Lipinski definition) is 7. The lowest BCUT2D eigenvalue weighted by atomic mass is 10.2. The number of nitrogens with zero attached hydrogens (tertiary/aromatic N) is 6. The molecule has 0 atom stereocenters. The number of aryl methyl sites for hydroxylation is 1. The van der Waals surface area contributed by atoms with Crippen molar-refractivity contribution in [3.05, 3.63) is 57.0 Å². The van der Waals surface area contributed by atoms with Crippen molar-refractivity contribution < 1.29 is 9.53 Å². The van der Waals surface area contributed by atoms with Crippen molar-refractivity contribution in [1.82, 2.24) is 23.6 Å². The van der Waals surface area contributed by atoms with Crippen molar-refractivity contribution in [3.63, 3.8) is 0 Å². The van der Waals surface area contributed by atoms with Crippen LogP contribution in [0.1, 0.15) is 5.82 Å². The van der Waals surface area contributed by atoms with Crippen LogP contribution in [0, 0.1) is 0 Å². The number of methoxy groups -OCH3 is 1. The minimum absolute atomic E-state index is 0.139. The second-order valence-corrected chi connectivity index (χ2v) is 7.67. The largest absolute Gasteiger partial charge is 0.468 e. The Balaban J connectivity index is 1.64. The van der Waals surface area contributed by atoms with Gasteiger partial charge in [-0.25, -0.2) is 9.78 Å². The summed E-state index contributed by atoms with van der Waals surface area (Å²) in [4.78, 5) is 46.3. The van der Waals surface area contributed by atoms with Gasteiger partial charge in [-0.2, -0.15) is 0 Å². The third kappa shape index (κ3) is 3.86. The van der Waals surface area contributed by atoms with Crippen LogP contribution in [-0.4, -0.2) is 62.8 Å². The van der Waals surface area contributed by atoms with Crippen LogP contribution in [0.3, 0.4) is 0 Å². The van der Waals surface area contributed by atoms with Crippen LogP contribution in [0.15, 0.2) is 39.9 Å². The maximum Gasteiger partial charge on any atom is 0.332 e. The summed E-state index contributed by atoms with van der Waals surface area (Å²) in [5.41, 5.74) is 0.763. The molecular formula is C21H26N6O4. The Bertz CT molecular complexity index is 1220. The van der Waals surface area contributed by atoms with Crippen LogP contribution in [0.2, 0.25) is 0 Å². The van der Waals surface area contributed by atoms with Gasteiger partial charge in [-0.1, -0.05) is 18.2 Å². The first-order valence-corrected chi connectivity index (χ1v) is 10.1. The summed E-state index contributed by atoms with van der Waals surface area (Å²) in [5.74, 6) is 0.0808. The number of esters is 1. The van der Waals surface area contributed by atoms with E-state index in [0.717, 1.165) is 30.7 Å². The second-order valence-electron chi connectivity index (χ2n) is 7.67. The van der Waals surface area contributed by atoms with Gasteiger partial charge in [-0.3, -0.25) is 23.6 Å². The topological polar surface area (TPSA) is 94.6 Å². The fourth-order valence-corrected chi connectivity index (χ4v) is 3.98. The Morgan fingerprint density at radius 1 is 1.03 bits per heavy atom. The zero-order valence-electron chi connectivity index (χ0n) is 17.9. The standard InChI is InChI=1S/C21H26N6O4/c1-23-19-18(20(29)24(2)21(23)30)27(14-17(28)31-3)16(22-19)13-25-9-11-26(12-10-25)15-7-5-4-6-8-15/h4-8H,9-14H2,1-3H3. The number of carbonyl (C=O) groups excluding carboxylic acids is 1. The van der Waals surface area contributed by atoms with Crippen LogP contribution >= 0.6 is 0 Å². The minimum Gasteiger partial charge on any atom is -0.468 e. The normalized spacial score (nSPS) is 14.9. The predicted octanol–water partition coefficient (Wildman–Crippen LogP) is -0.0711. The van der Waals surface area contributed by atoms with Gasteiger partial charge in [0.25, 0.3) is 5.56 Å². The van der Waals surface area contributed by atoms with E-state index in [1.54, 1.807) is 11.6 Å². The zero-order valence-corrected chi connectivity index (χ0v) is 17.9. The summed E-state index contributed by atoms with van der Waals surface area (Å²) in [7, 11) is 4.29. The molecule has 0 amide bonds. The third-order valence-corrected chi connectivity index (χ3v) is 5.80. The van der Waals surface area contributed by atoms with Gasteiger partial charge in [0.2, 0.25) is 0 Å². The molecule has 3 heterocycles. The Morgan fingerprint density at radius 2 is 1.71 bits per heavy atom. The Hall–Kier alpha value is -3.40. The van der Waals surface area contributed by atoms with E-state index in [4.69, 9.17) is 4.74 Å². The highest BCUT2D eigenvalue weighted by atomic mass is 16.5. The summed E-state index contributed by atoms with van der Waals surface area (Å²) in [5, 5.41) is 0. The molecule has 0 spiro atoms. The van der Waals surface area contributed by atoms with Crippen LogP contribution < -0.4 is 16.1 Å². The summed E-state index contributed by atoms with van der Waals surface area (Å²) in [6.45, 7) is 3.68. The smallest absolute Gasteiger partial charge is 0.332 e. The number of benzene rings is 1.